The number of rotatable bonds is 7. The van der Waals surface area contributed by atoms with Crippen LogP contribution in [0.25, 0.3) is 0 Å². The van der Waals surface area contributed by atoms with Crippen LogP contribution in [0.15, 0.2) is 88.4 Å². The van der Waals surface area contributed by atoms with Crippen LogP contribution in [0.2, 0.25) is 5.02 Å². The summed E-state index contributed by atoms with van der Waals surface area (Å²) in [7, 11) is -2.20. The van der Waals surface area contributed by atoms with Crippen LogP contribution in [0.1, 0.15) is 17.3 Å². The molecule has 170 valence electrons. The minimum Gasteiger partial charge on any atom is -0.456 e. The van der Waals surface area contributed by atoms with Gasteiger partial charge in [0.25, 0.3) is 0 Å². The van der Waals surface area contributed by atoms with Gasteiger partial charge in [-0.15, -0.1) is 0 Å². The van der Waals surface area contributed by atoms with Gasteiger partial charge in [0.1, 0.15) is 17.3 Å². The van der Waals surface area contributed by atoms with Crippen molar-refractivity contribution in [3.63, 3.8) is 0 Å². The Morgan fingerprint density at radius 2 is 1.85 bits per heavy atom. The van der Waals surface area contributed by atoms with E-state index in [9.17, 15) is 12.8 Å². The number of benzene rings is 3. The molecule has 1 unspecified atom stereocenters. The quantitative estimate of drug-likeness (QED) is 0.314. The largest absolute Gasteiger partial charge is 0.456 e. The zero-order chi connectivity index (χ0) is 23.6. The molecule has 3 aromatic carbocycles. The zero-order valence-electron chi connectivity index (χ0n) is 17.2. The Hall–Kier alpha value is -2.72. The van der Waals surface area contributed by atoms with Crippen molar-refractivity contribution in [2.45, 2.75) is 10.9 Å². The van der Waals surface area contributed by atoms with Gasteiger partial charge in [-0.3, -0.25) is 4.68 Å². The van der Waals surface area contributed by atoms with Gasteiger partial charge in [0.2, 0.25) is 10.0 Å². The van der Waals surface area contributed by atoms with Crippen molar-refractivity contribution < 1.29 is 17.5 Å². The molecule has 0 spiro atoms. The van der Waals surface area contributed by atoms with Crippen molar-refractivity contribution >= 4 is 37.6 Å². The lowest BCUT2D eigenvalue weighted by Gasteiger charge is -2.18. The summed E-state index contributed by atoms with van der Waals surface area (Å²) >= 11 is 9.34. The summed E-state index contributed by atoms with van der Waals surface area (Å²) in [4.78, 5) is 0.0239. The number of aryl methyl sites for hydroxylation is 1. The first-order valence-corrected chi connectivity index (χ1v) is 12.4. The van der Waals surface area contributed by atoms with Gasteiger partial charge in [-0.05, 0) is 70.0 Å². The fraction of sp³-hybridized carbons (Fsp3) is 0.0870. The van der Waals surface area contributed by atoms with E-state index in [2.05, 4.69) is 25.8 Å². The van der Waals surface area contributed by atoms with Crippen LogP contribution in [-0.4, -0.2) is 18.2 Å². The predicted molar refractivity (Wildman–Crippen MR) is 127 cm³/mol. The summed E-state index contributed by atoms with van der Waals surface area (Å²) < 4.78 is 50.3. The summed E-state index contributed by atoms with van der Waals surface area (Å²) in [5.74, 6) is 0.204. The molecule has 0 fully saturated rings. The molecule has 4 rings (SSSR count). The number of nitrogens with zero attached hydrogens (tertiary/aromatic N) is 2. The third-order valence-corrected chi connectivity index (χ3v) is 7.04. The van der Waals surface area contributed by atoms with E-state index in [1.807, 2.05) is 0 Å². The SMILES string of the molecule is Cn1ccc(C(NS(=O)(=O)c2ccc(Oc3cccc(F)c3)c(Br)c2)c2ccc(Cl)cc2)n1. The molecule has 1 N–H and O–H groups in total. The number of nitrogens with one attached hydrogen (secondary N) is 1. The molecule has 0 amide bonds. The van der Waals surface area contributed by atoms with E-state index in [0.717, 1.165) is 0 Å². The van der Waals surface area contributed by atoms with Crippen LogP contribution < -0.4 is 9.46 Å². The first kappa shape index (κ1) is 23.4. The van der Waals surface area contributed by atoms with Gasteiger partial charge in [-0.1, -0.05) is 29.8 Å². The number of ether oxygens (including phenoxy) is 1. The Kier molecular flexibility index (Phi) is 6.85. The monoisotopic (exact) mass is 549 g/mol. The second kappa shape index (κ2) is 9.64. The average molecular weight is 551 g/mol. The summed E-state index contributed by atoms with van der Waals surface area (Å²) in [6.07, 6.45) is 1.74. The lowest BCUT2D eigenvalue weighted by atomic mass is 10.1. The van der Waals surface area contributed by atoms with Gasteiger partial charge >= 0.3 is 0 Å². The van der Waals surface area contributed by atoms with E-state index in [0.29, 0.717) is 32.3 Å². The zero-order valence-corrected chi connectivity index (χ0v) is 20.4. The molecule has 1 heterocycles. The molecule has 1 aromatic heterocycles. The lowest BCUT2D eigenvalue weighted by molar-refractivity contribution is 0.473. The van der Waals surface area contributed by atoms with Gasteiger partial charge in [0, 0.05) is 24.3 Å². The highest BCUT2D eigenvalue weighted by molar-refractivity contribution is 9.10. The van der Waals surface area contributed by atoms with E-state index in [1.54, 1.807) is 54.3 Å². The predicted octanol–water partition coefficient (Wildman–Crippen LogP) is 5.84. The standard InChI is InChI=1S/C23H18BrClFN3O3S/c1-29-12-11-21(27-29)23(15-5-7-16(25)8-6-15)28-33(30,31)19-9-10-22(20(24)14-19)32-18-4-2-3-17(26)13-18/h2-14,23,28H,1H3. The van der Waals surface area contributed by atoms with Gasteiger partial charge < -0.3 is 4.74 Å². The van der Waals surface area contributed by atoms with Crippen LogP contribution in [0.3, 0.4) is 0 Å². The Morgan fingerprint density at radius 1 is 1.09 bits per heavy atom. The van der Waals surface area contributed by atoms with Crippen molar-refractivity contribution in [1.29, 1.82) is 0 Å². The summed E-state index contributed by atoms with van der Waals surface area (Å²) in [6.45, 7) is 0. The van der Waals surface area contributed by atoms with Crippen molar-refractivity contribution in [2.24, 2.45) is 7.05 Å². The molecule has 0 saturated carbocycles. The van der Waals surface area contributed by atoms with Crippen molar-refractivity contribution in [3.05, 3.63) is 106 Å². The maximum absolute atomic E-state index is 13.4. The molecular formula is C23H18BrClFN3O3S. The van der Waals surface area contributed by atoms with Crippen LogP contribution >= 0.6 is 27.5 Å². The average Bonchev–Trinajstić information content (AvgIpc) is 3.20. The topological polar surface area (TPSA) is 73.2 Å². The normalized spacial score (nSPS) is 12.5. The minimum atomic E-state index is -3.95. The summed E-state index contributed by atoms with van der Waals surface area (Å²) in [6, 6.07) is 17.9. The Labute approximate surface area is 204 Å². The third kappa shape index (κ3) is 5.62. The number of aromatic nitrogens is 2. The third-order valence-electron chi connectivity index (χ3n) is 4.74. The van der Waals surface area contributed by atoms with Crippen molar-refractivity contribution in [2.75, 3.05) is 0 Å². The van der Waals surface area contributed by atoms with Crippen LogP contribution in [-0.2, 0) is 17.1 Å². The molecule has 6 nitrogen and oxygen atoms in total. The van der Waals surface area contributed by atoms with Crippen molar-refractivity contribution in [1.82, 2.24) is 14.5 Å². The molecule has 1 atom stereocenters. The van der Waals surface area contributed by atoms with Crippen molar-refractivity contribution in [3.8, 4) is 11.5 Å². The van der Waals surface area contributed by atoms with Gasteiger partial charge in [0.15, 0.2) is 0 Å². The van der Waals surface area contributed by atoms with Crippen LogP contribution in [0.5, 0.6) is 11.5 Å². The fourth-order valence-electron chi connectivity index (χ4n) is 3.15. The fourth-order valence-corrected chi connectivity index (χ4v) is 5.11. The second-order valence-corrected chi connectivity index (χ2v) is 10.2. The van der Waals surface area contributed by atoms with E-state index >= 15 is 0 Å². The number of sulfonamides is 1. The highest BCUT2D eigenvalue weighted by Crippen LogP contribution is 2.33. The molecule has 33 heavy (non-hydrogen) atoms. The smallest absolute Gasteiger partial charge is 0.241 e. The van der Waals surface area contributed by atoms with Gasteiger partial charge in [-0.2, -0.15) is 9.82 Å². The molecule has 4 aromatic rings. The van der Waals surface area contributed by atoms with Crippen LogP contribution in [0.4, 0.5) is 4.39 Å². The highest BCUT2D eigenvalue weighted by Gasteiger charge is 2.25. The Bertz CT molecular complexity index is 1390. The lowest BCUT2D eigenvalue weighted by Crippen LogP contribution is -2.30. The number of hydrogen-bond donors (Lipinski definition) is 1. The molecule has 0 radical (unpaired) electrons. The first-order valence-electron chi connectivity index (χ1n) is 9.71. The summed E-state index contributed by atoms with van der Waals surface area (Å²) in [5.41, 5.74) is 1.22. The molecule has 0 aliphatic heterocycles. The number of hydrogen-bond acceptors (Lipinski definition) is 4. The van der Waals surface area contributed by atoms with Crippen LogP contribution in [0, 0.1) is 5.82 Å². The Balaban J connectivity index is 1.63. The number of halogens is 3. The van der Waals surface area contributed by atoms with Gasteiger partial charge in [0.05, 0.1) is 21.1 Å². The van der Waals surface area contributed by atoms with E-state index in [4.69, 9.17) is 16.3 Å². The summed E-state index contributed by atoms with van der Waals surface area (Å²) in [5, 5.41) is 4.91. The maximum atomic E-state index is 13.4. The van der Waals surface area contributed by atoms with E-state index in [1.165, 1.54) is 36.4 Å². The maximum Gasteiger partial charge on any atom is 0.241 e. The minimum absolute atomic E-state index is 0.0239. The molecule has 0 saturated heterocycles. The second-order valence-electron chi connectivity index (χ2n) is 7.17. The molecule has 10 heteroatoms. The molecular weight excluding hydrogens is 533 g/mol. The van der Waals surface area contributed by atoms with Gasteiger partial charge in [-0.25, -0.2) is 12.8 Å². The van der Waals surface area contributed by atoms with E-state index in [-0.39, 0.29) is 4.90 Å². The molecule has 0 aliphatic carbocycles. The van der Waals surface area contributed by atoms with E-state index < -0.39 is 21.9 Å². The molecule has 0 aliphatic rings. The Morgan fingerprint density at radius 3 is 2.48 bits per heavy atom. The first-order chi connectivity index (χ1) is 15.7. The molecule has 0 bridgehead atoms. The highest BCUT2D eigenvalue weighted by atomic mass is 79.9.